The van der Waals surface area contributed by atoms with E-state index in [0.29, 0.717) is 5.69 Å². The number of rotatable bonds is 5. The zero-order valence-electron chi connectivity index (χ0n) is 12.6. The predicted molar refractivity (Wildman–Crippen MR) is 87.1 cm³/mol. The summed E-state index contributed by atoms with van der Waals surface area (Å²) >= 11 is 5.84. The van der Waals surface area contributed by atoms with E-state index in [0.717, 1.165) is 16.8 Å². The van der Waals surface area contributed by atoms with Crippen molar-refractivity contribution in [1.29, 1.82) is 5.26 Å². The van der Waals surface area contributed by atoms with Crippen molar-refractivity contribution in [3.05, 3.63) is 61.9 Å². The van der Waals surface area contributed by atoms with E-state index in [-0.39, 0.29) is 10.6 Å². The maximum atomic E-state index is 11.7. The number of H-pyrrole nitrogens is 1. The quantitative estimate of drug-likeness (QED) is 0.732. The van der Waals surface area contributed by atoms with Crippen molar-refractivity contribution >= 4 is 29.2 Å². The monoisotopic (exact) mass is 362 g/mol. The summed E-state index contributed by atoms with van der Waals surface area (Å²) in [4.78, 5) is 47.7. The number of hydrogen-bond donors (Lipinski definition) is 2. The van der Waals surface area contributed by atoms with Crippen LogP contribution in [0.5, 0.6) is 0 Å². The van der Waals surface area contributed by atoms with Gasteiger partial charge in [-0.05, 0) is 18.2 Å². The number of nitrogens with zero attached hydrogens (tertiary/aromatic N) is 2. The first kappa shape index (κ1) is 18.0. The Bertz CT molecular complexity index is 973. The number of amides is 1. The molecule has 0 bridgehead atoms. The van der Waals surface area contributed by atoms with Gasteiger partial charge in [0, 0.05) is 18.0 Å². The summed E-state index contributed by atoms with van der Waals surface area (Å²) in [5.74, 6) is -1.45. The van der Waals surface area contributed by atoms with Crippen LogP contribution in [-0.4, -0.2) is 28.0 Å². The van der Waals surface area contributed by atoms with E-state index in [4.69, 9.17) is 21.6 Å². The Labute approximate surface area is 145 Å². The molecule has 2 aromatic rings. The molecular weight excluding hydrogens is 352 g/mol. The Balaban J connectivity index is 1.88. The number of benzene rings is 1. The molecule has 0 radical (unpaired) electrons. The van der Waals surface area contributed by atoms with Crippen molar-refractivity contribution in [1.82, 2.24) is 9.55 Å². The van der Waals surface area contributed by atoms with Gasteiger partial charge in [-0.25, -0.2) is 4.79 Å². The number of halogens is 1. The number of nitrogens with one attached hydrogen (secondary N) is 2. The zero-order chi connectivity index (χ0) is 18.4. The topological polar surface area (TPSA) is 134 Å². The van der Waals surface area contributed by atoms with Crippen molar-refractivity contribution in [3.63, 3.8) is 0 Å². The van der Waals surface area contributed by atoms with Gasteiger partial charge in [0.25, 0.3) is 11.5 Å². The van der Waals surface area contributed by atoms with Crippen LogP contribution in [0.4, 0.5) is 5.69 Å². The number of nitriles is 1. The Kier molecular flexibility index (Phi) is 5.71. The van der Waals surface area contributed by atoms with Gasteiger partial charge in [-0.2, -0.15) is 5.26 Å². The summed E-state index contributed by atoms with van der Waals surface area (Å²) in [5.41, 5.74) is -0.754. The van der Waals surface area contributed by atoms with Crippen molar-refractivity contribution in [2.45, 2.75) is 6.54 Å². The molecule has 0 aliphatic heterocycles. The second-order valence-electron chi connectivity index (χ2n) is 4.75. The van der Waals surface area contributed by atoms with Gasteiger partial charge in [0.05, 0.1) is 10.6 Å². The largest absolute Gasteiger partial charge is 0.454 e. The third kappa shape index (κ3) is 5.05. The fourth-order valence-corrected chi connectivity index (χ4v) is 2.00. The van der Waals surface area contributed by atoms with Crippen LogP contribution in [0.2, 0.25) is 5.02 Å². The number of ether oxygens (including phenoxy) is 1. The fourth-order valence-electron chi connectivity index (χ4n) is 1.78. The first-order valence-electron chi connectivity index (χ1n) is 6.84. The van der Waals surface area contributed by atoms with Gasteiger partial charge in [0.1, 0.15) is 12.6 Å². The van der Waals surface area contributed by atoms with Gasteiger partial charge in [-0.15, -0.1) is 0 Å². The third-order valence-electron chi connectivity index (χ3n) is 2.93. The SMILES string of the molecule is N#Cc1ccc(NC(=O)COC(=O)Cn2ccc(=O)[nH]c2=O)cc1Cl. The minimum absolute atomic E-state index is 0.176. The Morgan fingerprint density at radius 2 is 2.08 bits per heavy atom. The van der Waals surface area contributed by atoms with E-state index in [9.17, 15) is 19.2 Å². The second kappa shape index (κ2) is 7.94. The molecule has 1 aromatic heterocycles. The highest BCUT2D eigenvalue weighted by Gasteiger charge is 2.10. The average molecular weight is 363 g/mol. The summed E-state index contributed by atoms with van der Waals surface area (Å²) < 4.78 is 5.68. The zero-order valence-corrected chi connectivity index (χ0v) is 13.4. The Morgan fingerprint density at radius 1 is 1.32 bits per heavy atom. The highest BCUT2D eigenvalue weighted by atomic mass is 35.5. The lowest BCUT2D eigenvalue weighted by molar-refractivity contribution is -0.148. The van der Waals surface area contributed by atoms with Gasteiger partial charge >= 0.3 is 11.7 Å². The highest BCUT2D eigenvalue weighted by Crippen LogP contribution is 2.20. The van der Waals surface area contributed by atoms with Crippen LogP contribution < -0.4 is 16.6 Å². The summed E-state index contributed by atoms with van der Waals surface area (Å²) in [5, 5.41) is 11.4. The molecule has 1 heterocycles. The summed E-state index contributed by atoms with van der Waals surface area (Å²) in [6.45, 7) is -1.03. The van der Waals surface area contributed by atoms with E-state index >= 15 is 0 Å². The highest BCUT2D eigenvalue weighted by molar-refractivity contribution is 6.32. The van der Waals surface area contributed by atoms with Gasteiger partial charge < -0.3 is 10.1 Å². The molecule has 0 saturated carbocycles. The van der Waals surface area contributed by atoms with E-state index in [1.807, 2.05) is 11.1 Å². The Hall–Kier alpha value is -3.38. The maximum absolute atomic E-state index is 11.7. The molecule has 1 aromatic carbocycles. The lowest BCUT2D eigenvalue weighted by Gasteiger charge is -2.08. The average Bonchev–Trinajstić information content (AvgIpc) is 2.56. The van der Waals surface area contributed by atoms with E-state index < -0.39 is 36.3 Å². The van der Waals surface area contributed by atoms with Crippen molar-refractivity contribution in [3.8, 4) is 6.07 Å². The van der Waals surface area contributed by atoms with Crippen LogP contribution in [0.1, 0.15) is 5.56 Å². The van der Waals surface area contributed by atoms with Gasteiger partial charge in [-0.1, -0.05) is 11.6 Å². The van der Waals surface area contributed by atoms with Gasteiger partial charge in [0.2, 0.25) is 0 Å². The maximum Gasteiger partial charge on any atom is 0.328 e. The van der Waals surface area contributed by atoms with E-state index in [2.05, 4.69) is 5.32 Å². The molecule has 2 N–H and O–H groups in total. The van der Waals surface area contributed by atoms with Crippen molar-refractivity contribution in [2.24, 2.45) is 0 Å². The minimum atomic E-state index is -0.831. The smallest absolute Gasteiger partial charge is 0.328 e. The van der Waals surface area contributed by atoms with Crippen LogP contribution in [0.25, 0.3) is 0 Å². The van der Waals surface area contributed by atoms with Crippen LogP contribution in [0.3, 0.4) is 0 Å². The van der Waals surface area contributed by atoms with Gasteiger partial charge in [-0.3, -0.25) is 23.9 Å². The van der Waals surface area contributed by atoms with E-state index in [1.54, 1.807) is 0 Å². The molecule has 0 fully saturated rings. The molecule has 0 unspecified atom stereocenters. The lowest BCUT2D eigenvalue weighted by Crippen LogP contribution is -2.32. The number of carbonyl (C=O) groups excluding carboxylic acids is 2. The minimum Gasteiger partial charge on any atom is -0.454 e. The van der Waals surface area contributed by atoms with E-state index in [1.165, 1.54) is 18.2 Å². The molecule has 0 aliphatic carbocycles. The number of anilines is 1. The third-order valence-corrected chi connectivity index (χ3v) is 3.25. The summed E-state index contributed by atoms with van der Waals surface area (Å²) in [7, 11) is 0. The second-order valence-corrected chi connectivity index (χ2v) is 5.16. The van der Waals surface area contributed by atoms with Crippen molar-refractivity contribution < 1.29 is 14.3 Å². The lowest BCUT2D eigenvalue weighted by atomic mass is 10.2. The summed E-state index contributed by atoms with van der Waals surface area (Å²) in [6, 6.07) is 7.26. The van der Waals surface area contributed by atoms with Crippen LogP contribution in [-0.2, 0) is 20.9 Å². The Morgan fingerprint density at radius 3 is 2.72 bits per heavy atom. The number of aromatic nitrogens is 2. The number of esters is 1. The first-order chi connectivity index (χ1) is 11.9. The van der Waals surface area contributed by atoms with Crippen LogP contribution in [0.15, 0.2) is 40.1 Å². The molecule has 0 atom stereocenters. The standard InChI is InChI=1S/C15H11ClN4O5/c16-11-5-10(2-1-9(11)6-17)18-13(22)8-25-14(23)7-20-4-3-12(21)19-15(20)24/h1-5H,7-8H2,(H,18,22)(H,19,21,24). The molecule has 1 amide bonds. The van der Waals surface area contributed by atoms with Crippen LogP contribution in [0, 0.1) is 11.3 Å². The number of aromatic amines is 1. The molecule has 25 heavy (non-hydrogen) atoms. The number of hydrogen-bond acceptors (Lipinski definition) is 6. The molecule has 10 heteroatoms. The number of carbonyl (C=O) groups is 2. The molecule has 2 rings (SSSR count). The van der Waals surface area contributed by atoms with Crippen molar-refractivity contribution in [2.75, 3.05) is 11.9 Å². The normalized spacial score (nSPS) is 9.92. The molecule has 0 aliphatic rings. The predicted octanol–water partition coefficient (Wildman–Crippen LogP) is 0.244. The fraction of sp³-hybridized carbons (Fsp3) is 0.133. The molecule has 0 saturated heterocycles. The summed E-state index contributed by atoms with van der Waals surface area (Å²) in [6.07, 6.45) is 1.14. The molecular formula is C15H11ClN4O5. The van der Waals surface area contributed by atoms with Crippen LogP contribution >= 0.6 is 11.6 Å². The first-order valence-corrected chi connectivity index (χ1v) is 7.22. The van der Waals surface area contributed by atoms with Gasteiger partial charge in [0.15, 0.2) is 6.61 Å². The molecule has 9 nitrogen and oxygen atoms in total. The molecule has 128 valence electrons. The molecule has 0 spiro atoms.